The number of rotatable bonds is 5. The third-order valence-corrected chi connectivity index (χ3v) is 5.05. The Morgan fingerprint density at radius 3 is 2.71 bits per heavy atom. The Morgan fingerprint density at radius 2 is 2.05 bits per heavy atom. The molecule has 1 aliphatic heterocycles. The molecule has 1 heterocycles. The van der Waals surface area contributed by atoms with Gasteiger partial charge in [0.15, 0.2) is 0 Å². The minimum Gasteiger partial charge on any atom is -0.368 e. The van der Waals surface area contributed by atoms with E-state index >= 15 is 0 Å². The lowest BCUT2D eigenvalue weighted by Gasteiger charge is -2.35. The molecule has 2 N–H and O–H groups in total. The molecule has 1 aromatic carbocycles. The lowest BCUT2D eigenvalue weighted by molar-refractivity contribution is -0.143. The topological polar surface area (TPSA) is 63.4 Å². The van der Waals surface area contributed by atoms with Crippen LogP contribution in [0.5, 0.6) is 0 Å². The van der Waals surface area contributed by atoms with Crippen molar-refractivity contribution in [1.29, 1.82) is 0 Å². The molecule has 2 rings (SSSR count). The van der Waals surface area contributed by atoms with Gasteiger partial charge in [0, 0.05) is 23.1 Å². The Labute approximate surface area is 130 Å². The number of amides is 2. The van der Waals surface area contributed by atoms with Crippen molar-refractivity contribution in [2.45, 2.75) is 37.1 Å². The molecule has 1 aromatic rings. The van der Waals surface area contributed by atoms with E-state index in [9.17, 15) is 9.59 Å². The number of thioether (sulfide) groups is 1. The van der Waals surface area contributed by atoms with Crippen LogP contribution in [0.2, 0.25) is 0 Å². The van der Waals surface area contributed by atoms with E-state index in [1.807, 2.05) is 37.3 Å². The van der Waals surface area contributed by atoms with Gasteiger partial charge in [0.25, 0.3) is 0 Å². The number of primary amides is 1. The quantitative estimate of drug-likeness (QED) is 0.849. The summed E-state index contributed by atoms with van der Waals surface area (Å²) in [5.41, 5.74) is 5.42. The summed E-state index contributed by atoms with van der Waals surface area (Å²) in [5.74, 6) is 0.258. The van der Waals surface area contributed by atoms with E-state index in [1.165, 1.54) is 0 Å². The second-order valence-electron chi connectivity index (χ2n) is 5.47. The molecule has 1 fully saturated rings. The van der Waals surface area contributed by atoms with Gasteiger partial charge in [-0.1, -0.05) is 25.1 Å². The lowest BCUT2D eigenvalue weighted by Crippen LogP contribution is -2.52. The maximum Gasteiger partial charge on any atom is 0.240 e. The summed E-state index contributed by atoms with van der Waals surface area (Å²) in [6.45, 7) is 2.57. The molecule has 2 atom stereocenters. The summed E-state index contributed by atoms with van der Waals surface area (Å²) in [7, 11) is 0. The van der Waals surface area contributed by atoms with Crippen LogP contribution in [0, 0.1) is 5.92 Å². The Kier molecular flexibility index (Phi) is 5.67. The predicted molar refractivity (Wildman–Crippen MR) is 84.9 cm³/mol. The fourth-order valence-corrected chi connectivity index (χ4v) is 3.52. The molecule has 1 aliphatic rings. The molecule has 0 bridgehead atoms. The van der Waals surface area contributed by atoms with Gasteiger partial charge in [0.2, 0.25) is 11.8 Å². The number of piperidine rings is 1. The largest absolute Gasteiger partial charge is 0.368 e. The Morgan fingerprint density at radius 1 is 1.33 bits per heavy atom. The average molecular weight is 306 g/mol. The van der Waals surface area contributed by atoms with Crippen LogP contribution in [0.15, 0.2) is 35.2 Å². The standard InChI is InChI=1S/C16H22N2O2S/c1-12(11-21-13-7-3-2-4-8-13)16(20)18-10-6-5-9-14(18)15(17)19/h2-4,7-8,12,14H,5-6,9-11H2,1H3,(H2,17,19)/t12-,14-/m1/s1. The first-order valence-electron chi connectivity index (χ1n) is 7.37. The minimum absolute atomic E-state index is 0.0435. The van der Waals surface area contributed by atoms with Crippen molar-refractivity contribution < 1.29 is 9.59 Å². The van der Waals surface area contributed by atoms with E-state index in [1.54, 1.807) is 16.7 Å². The lowest BCUT2D eigenvalue weighted by atomic mass is 9.99. The second-order valence-corrected chi connectivity index (χ2v) is 6.56. The summed E-state index contributed by atoms with van der Waals surface area (Å²) < 4.78 is 0. The Hall–Kier alpha value is -1.49. The number of hydrogen-bond acceptors (Lipinski definition) is 3. The fraction of sp³-hybridized carbons (Fsp3) is 0.500. The number of likely N-dealkylation sites (tertiary alicyclic amines) is 1. The van der Waals surface area contributed by atoms with Crippen LogP contribution in [-0.2, 0) is 9.59 Å². The molecule has 21 heavy (non-hydrogen) atoms. The van der Waals surface area contributed by atoms with Crippen molar-refractivity contribution in [3.63, 3.8) is 0 Å². The van der Waals surface area contributed by atoms with Crippen LogP contribution >= 0.6 is 11.8 Å². The SMILES string of the molecule is C[C@H](CSc1ccccc1)C(=O)N1CCCC[C@@H]1C(N)=O. The molecule has 0 unspecified atom stereocenters. The van der Waals surface area contributed by atoms with Crippen molar-refractivity contribution in [3.05, 3.63) is 30.3 Å². The van der Waals surface area contributed by atoms with Crippen LogP contribution < -0.4 is 5.73 Å². The molecular weight excluding hydrogens is 284 g/mol. The van der Waals surface area contributed by atoms with Crippen LogP contribution in [0.4, 0.5) is 0 Å². The van der Waals surface area contributed by atoms with Crippen molar-refractivity contribution in [2.75, 3.05) is 12.3 Å². The molecule has 1 saturated heterocycles. The highest BCUT2D eigenvalue weighted by Gasteiger charge is 2.32. The molecule has 114 valence electrons. The molecule has 4 nitrogen and oxygen atoms in total. The number of carbonyl (C=O) groups excluding carboxylic acids is 2. The van der Waals surface area contributed by atoms with Gasteiger partial charge < -0.3 is 10.6 Å². The van der Waals surface area contributed by atoms with Gasteiger partial charge in [-0.2, -0.15) is 0 Å². The van der Waals surface area contributed by atoms with Gasteiger partial charge in [-0.25, -0.2) is 0 Å². The average Bonchev–Trinajstić information content (AvgIpc) is 2.52. The molecule has 0 aromatic heterocycles. The Balaban J connectivity index is 1.93. The smallest absolute Gasteiger partial charge is 0.240 e. The highest BCUT2D eigenvalue weighted by molar-refractivity contribution is 7.99. The van der Waals surface area contributed by atoms with Crippen molar-refractivity contribution >= 4 is 23.6 Å². The normalized spacial score (nSPS) is 20.0. The van der Waals surface area contributed by atoms with Gasteiger partial charge in [0.05, 0.1) is 0 Å². The van der Waals surface area contributed by atoms with E-state index in [0.717, 1.165) is 17.7 Å². The zero-order valence-electron chi connectivity index (χ0n) is 12.3. The van der Waals surface area contributed by atoms with Crippen LogP contribution in [0.3, 0.4) is 0 Å². The number of hydrogen-bond donors (Lipinski definition) is 1. The number of benzene rings is 1. The Bertz CT molecular complexity index is 492. The third-order valence-electron chi connectivity index (χ3n) is 3.78. The van der Waals surface area contributed by atoms with Crippen molar-refractivity contribution in [2.24, 2.45) is 11.7 Å². The predicted octanol–water partition coefficient (Wildman–Crippen LogP) is 2.28. The first kappa shape index (κ1) is 15.9. The summed E-state index contributed by atoms with van der Waals surface area (Å²) in [6, 6.07) is 9.61. The molecular formula is C16H22N2O2S. The molecule has 2 amide bonds. The first-order valence-corrected chi connectivity index (χ1v) is 8.36. The first-order chi connectivity index (χ1) is 10.1. The molecule has 0 saturated carbocycles. The minimum atomic E-state index is -0.421. The number of carbonyl (C=O) groups is 2. The second kappa shape index (κ2) is 7.50. The van der Waals surface area contributed by atoms with E-state index in [0.29, 0.717) is 18.7 Å². The molecule has 0 spiro atoms. The maximum absolute atomic E-state index is 12.5. The van der Waals surface area contributed by atoms with Crippen molar-refractivity contribution in [1.82, 2.24) is 4.90 Å². The molecule has 0 radical (unpaired) electrons. The number of nitrogens with zero attached hydrogens (tertiary/aromatic N) is 1. The van der Waals surface area contributed by atoms with E-state index in [4.69, 9.17) is 5.73 Å². The van der Waals surface area contributed by atoms with Crippen molar-refractivity contribution in [3.8, 4) is 0 Å². The summed E-state index contributed by atoms with van der Waals surface area (Å²) in [4.78, 5) is 26.9. The molecule has 0 aliphatic carbocycles. The highest BCUT2D eigenvalue weighted by atomic mass is 32.2. The van der Waals surface area contributed by atoms with E-state index in [-0.39, 0.29) is 17.7 Å². The fourth-order valence-electron chi connectivity index (χ4n) is 2.58. The monoisotopic (exact) mass is 306 g/mol. The van der Waals surface area contributed by atoms with Gasteiger partial charge >= 0.3 is 0 Å². The van der Waals surface area contributed by atoms with Gasteiger partial charge in [-0.3, -0.25) is 9.59 Å². The zero-order valence-corrected chi connectivity index (χ0v) is 13.1. The van der Waals surface area contributed by atoms with E-state index in [2.05, 4.69) is 0 Å². The van der Waals surface area contributed by atoms with Gasteiger partial charge in [0.1, 0.15) is 6.04 Å². The van der Waals surface area contributed by atoms with Crippen LogP contribution in [0.25, 0.3) is 0 Å². The number of nitrogens with two attached hydrogens (primary N) is 1. The third kappa shape index (κ3) is 4.24. The van der Waals surface area contributed by atoms with Crippen LogP contribution in [0.1, 0.15) is 26.2 Å². The molecule has 5 heteroatoms. The summed E-state index contributed by atoms with van der Waals surface area (Å²) >= 11 is 1.67. The summed E-state index contributed by atoms with van der Waals surface area (Å²) in [6.07, 6.45) is 2.61. The summed E-state index contributed by atoms with van der Waals surface area (Å²) in [5, 5.41) is 0. The zero-order chi connectivity index (χ0) is 15.2. The van der Waals surface area contributed by atoms with Crippen LogP contribution in [-0.4, -0.2) is 35.1 Å². The van der Waals surface area contributed by atoms with Gasteiger partial charge in [-0.15, -0.1) is 11.8 Å². The van der Waals surface area contributed by atoms with E-state index < -0.39 is 6.04 Å². The highest BCUT2D eigenvalue weighted by Crippen LogP contribution is 2.24. The maximum atomic E-state index is 12.5. The van der Waals surface area contributed by atoms with Gasteiger partial charge in [-0.05, 0) is 31.4 Å².